The second-order valence-electron chi connectivity index (χ2n) is 4.90. The highest BCUT2D eigenvalue weighted by molar-refractivity contribution is 5.76. The lowest BCUT2D eigenvalue weighted by Gasteiger charge is -2.01. The maximum Gasteiger partial charge on any atom is 0.329 e. The molecule has 2 heterocycles. The average molecular weight is 368 g/mol. The third kappa shape index (κ3) is 4.34. The molecule has 0 saturated heterocycles. The Balaban J connectivity index is 0.000000453. The van der Waals surface area contributed by atoms with E-state index < -0.39 is 11.2 Å². The molecule has 11 heteroatoms. The molecule has 6 N–H and O–H groups in total. The maximum absolute atomic E-state index is 11.3. The van der Waals surface area contributed by atoms with Gasteiger partial charge >= 0.3 is 5.69 Å². The molecule has 1 aromatic carbocycles. The molecule has 26 heavy (non-hydrogen) atoms. The van der Waals surface area contributed by atoms with Crippen LogP contribution in [0.4, 0.5) is 0 Å². The van der Waals surface area contributed by atoms with Crippen molar-refractivity contribution in [2.24, 2.45) is 14.1 Å². The van der Waals surface area contributed by atoms with Gasteiger partial charge in [0.05, 0.1) is 13.4 Å². The van der Waals surface area contributed by atoms with Gasteiger partial charge in [-0.05, 0) is 18.2 Å². The molecule has 0 radical (unpaired) electrons. The van der Waals surface area contributed by atoms with Crippen molar-refractivity contribution in [2.45, 2.75) is 0 Å². The van der Waals surface area contributed by atoms with E-state index in [0.717, 1.165) is 0 Å². The molecule has 3 aromatic rings. The number of ether oxygens (including phenoxy) is 1. The molecule has 11 nitrogen and oxygen atoms in total. The van der Waals surface area contributed by atoms with Crippen LogP contribution < -0.4 is 16.0 Å². The number of fused-ring (bicyclic) bond motifs is 1. The summed E-state index contributed by atoms with van der Waals surface area (Å²) in [4.78, 5) is 38.8. The van der Waals surface area contributed by atoms with Gasteiger partial charge in [0.15, 0.2) is 22.7 Å². The Hall–Kier alpha value is -3.44. The van der Waals surface area contributed by atoms with Gasteiger partial charge in [0.2, 0.25) is 0 Å². The number of rotatable bonds is 2. The molecule has 0 aliphatic carbocycles. The number of phenols is 1. The van der Waals surface area contributed by atoms with Gasteiger partial charge in [-0.15, -0.1) is 0 Å². The molecular formula is C15H20N4O7. The molecule has 0 saturated carbocycles. The topological polar surface area (TPSA) is 182 Å². The van der Waals surface area contributed by atoms with Crippen molar-refractivity contribution < 1.29 is 25.6 Å². The lowest BCUT2D eigenvalue weighted by molar-refractivity contribution is 0.112. The number of imidazole rings is 1. The summed E-state index contributed by atoms with van der Waals surface area (Å²) in [6.07, 6.45) is 2.20. The first-order valence-electron chi connectivity index (χ1n) is 6.81. The van der Waals surface area contributed by atoms with Crippen molar-refractivity contribution in [1.82, 2.24) is 19.1 Å². The zero-order valence-corrected chi connectivity index (χ0v) is 14.3. The molecule has 0 atom stereocenters. The predicted octanol–water partition coefficient (Wildman–Crippen LogP) is -1.48. The second-order valence-corrected chi connectivity index (χ2v) is 4.90. The summed E-state index contributed by atoms with van der Waals surface area (Å²) in [5.74, 6) is 0.354. The largest absolute Gasteiger partial charge is 0.504 e. The number of aromatic amines is 1. The number of nitrogens with zero attached hydrogens (tertiary/aromatic N) is 3. The number of aromatic nitrogens is 4. The number of hydrogen-bond donors (Lipinski definition) is 2. The third-order valence-corrected chi connectivity index (χ3v) is 3.32. The maximum atomic E-state index is 11.3. The van der Waals surface area contributed by atoms with Gasteiger partial charge < -0.3 is 25.4 Å². The summed E-state index contributed by atoms with van der Waals surface area (Å²) in [5, 5.41) is 9.09. The molecule has 2 aromatic heterocycles. The first kappa shape index (κ1) is 22.6. The van der Waals surface area contributed by atoms with Crippen LogP contribution in [0.15, 0.2) is 34.1 Å². The standard InChI is InChI=1S/C8H8O3.C7H8N4O2.2H2O/c1-11-8-4-6(5-9)2-3-7(8)10;1-10-3-8-5-4(10)6(12)9-7(13)11(5)2;;/h2-5,10H,1H3;3H,1-2H3,(H,9,12,13);2*1H2. The number of aromatic hydroxyl groups is 1. The molecule has 0 bridgehead atoms. The van der Waals surface area contributed by atoms with Gasteiger partial charge in [-0.2, -0.15) is 0 Å². The van der Waals surface area contributed by atoms with Gasteiger partial charge in [-0.3, -0.25) is 19.1 Å². The fourth-order valence-corrected chi connectivity index (χ4v) is 2.03. The Bertz CT molecular complexity index is 1000. The molecule has 0 unspecified atom stereocenters. The van der Waals surface area contributed by atoms with E-state index in [0.29, 0.717) is 28.8 Å². The Kier molecular flexibility index (Phi) is 7.94. The van der Waals surface area contributed by atoms with Gasteiger partial charge in [-0.25, -0.2) is 9.78 Å². The molecule has 0 spiro atoms. The van der Waals surface area contributed by atoms with Crippen LogP contribution in [-0.4, -0.2) is 48.6 Å². The fraction of sp³-hybridized carbons (Fsp3) is 0.200. The first-order valence-corrected chi connectivity index (χ1v) is 6.81. The molecule has 0 fully saturated rings. The second kappa shape index (κ2) is 9.15. The number of H-pyrrole nitrogens is 1. The minimum Gasteiger partial charge on any atom is -0.504 e. The minimum absolute atomic E-state index is 0. The van der Waals surface area contributed by atoms with Gasteiger partial charge in [0, 0.05) is 19.7 Å². The number of hydrogen-bond acceptors (Lipinski definition) is 6. The van der Waals surface area contributed by atoms with Crippen LogP contribution in [0.25, 0.3) is 11.2 Å². The predicted molar refractivity (Wildman–Crippen MR) is 93.8 cm³/mol. The Labute approximate surface area is 146 Å². The molecule has 0 aliphatic heterocycles. The third-order valence-electron chi connectivity index (χ3n) is 3.32. The number of benzene rings is 1. The SMILES string of the molecule is COc1cc(C=O)ccc1O.Cn1cnc2c1c(=O)[nH]c(=O)n2C.O.O. The van der Waals surface area contributed by atoms with Crippen molar-refractivity contribution in [2.75, 3.05) is 7.11 Å². The number of methoxy groups -OCH3 is 1. The number of carbonyl (C=O) groups excluding carboxylic acids is 1. The summed E-state index contributed by atoms with van der Waals surface area (Å²) >= 11 is 0. The first-order chi connectivity index (χ1) is 11.4. The van der Waals surface area contributed by atoms with E-state index in [-0.39, 0.29) is 16.7 Å². The minimum atomic E-state index is -0.448. The number of aryl methyl sites for hydroxylation is 2. The van der Waals surface area contributed by atoms with Crippen LogP contribution in [0.2, 0.25) is 0 Å². The Morgan fingerprint density at radius 3 is 2.46 bits per heavy atom. The van der Waals surface area contributed by atoms with E-state index in [1.807, 2.05) is 0 Å². The van der Waals surface area contributed by atoms with Crippen molar-refractivity contribution in [1.29, 1.82) is 0 Å². The summed E-state index contributed by atoms with van der Waals surface area (Å²) < 4.78 is 7.66. The lowest BCUT2D eigenvalue weighted by Crippen LogP contribution is -2.28. The van der Waals surface area contributed by atoms with Crippen LogP contribution in [0.1, 0.15) is 10.4 Å². The number of nitrogens with one attached hydrogen (secondary N) is 1. The van der Waals surface area contributed by atoms with E-state index in [9.17, 15) is 14.4 Å². The Morgan fingerprint density at radius 2 is 1.88 bits per heavy atom. The highest BCUT2D eigenvalue weighted by atomic mass is 16.5. The monoisotopic (exact) mass is 368 g/mol. The van der Waals surface area contributed by atoms with Gasteiger partial charge in [-0.1, -0.05) is 0 Å². The van der Waals surface area contributed by atoms with E-state index in [2.05, 4.69) is 9.97 Å². The van der Waals surface area contributed by atoms with E-state index in [4.69, 9.17) is 9.84 Å². The van der Waals surface area contributed by atoms with Crippen molar-refractivity contribution >= 4 is 17.5 Å². The Morgan fingerprint density at radius 1 is 1.23 bits per heavy atom. The molecule has 142 valence electrons. The fourth-order valence-electron chi connectivity index (χ4n) is 2.03. The van der Waals surface area contributed by atoms with Crippen LogP contribution in [0, 0.1) is 0 Å². The summed E-state index contributed by atoms with van der Waals surface area (Å²) in [5.41, 5.74) is 0.437. The summed E-state index contributed by atoms with van der Waals surface area (Å²) in [7, 11) is 4.70. The molecular weight excluding hydrogens is 348 g/mol. The van der Waals surface area contributed by atoms with Crippen molar-refractivity contribution in [3.8, 4) is 11.5 Å². The normalized spacial score (nSPS) is 9.35. The van der Waals surface area contributed by atoms with Gasteiger partial charge in [0.25, 0.3) is 5.56 Å². The van der Waals surface area contributed by atoms with Crippen LogP contribution in [0.3, 0.4) is 0 Å². The number of phenolic OH excluding ortho intramolecular Hbond substituents is 1. The quantitative estimate of drug-likeness (QED) is 0.520. The van der Waals surface area contributed by atoms with E-state index in [1.165, 1.54) is 36.2 Å². The zero-order chi connectivity index (χ0) is 17.9. The molecule has 3 rings (SSSR count). The molecule has 0 aliphatic rings. The van der Waals surface area contributed by atoms with Crippen LogP contribution in [-0.2, 0) is 14.1 Å². The number of carbonyl (C=O) groups is 1. The highest BCUT2D eigenvalue weighted by Crippen LogP contribution is 2.25. The van der Waals surface area contributed by atoms with Crippen LogP contribution in [0.5, 0.6) is 11.5 Å². The number of aldehydes is 1. The summed E-state index contributed by atoms with van der Waals surface area (Å²) in [6, 6.07) is 4.41. The lowest BCUT2D eigenvalue weighted by atomic mass is 10.2. The van der Waals surface area contributed by atoms with Gasteiger partial charge in [0.1, 0.15) is 6.29 Å². The van der Waals surface area contributed by atoms with Crippen molar-refractivity contribution in [3.05, 3.63) is 50.9 Å². The van der Waals surface area contributed by atoms with Crippen molar-refractivity contribution in [3.63, 3.8) is 0 Å². The smallest absolute Gasteiger partial charge is 0.329 e. The van der Waals surface area contributed by atoms with E-state index in [1.54, 1.807) is 18.7 Å². The van der Waals surface area contributed by atoms with E-state index >= 15 is 0 Å². The summed E-state index contributed by atoms with van der Waals surface area (Å²) in [6.45, 7) is 0. The highest BCUT2D eigenvalue weighted by Gasteiger charge is 2.08. The molecule has 0 amide bonds. The average Bonchev–Trinajstić information content (AvgIpc) is 2.96. The van der Waals surface area contributed by atoms with Crippen LogP contribution >= 0.6 is 0 Å². The zero-order valence-electron chi connectivity index (χ0n) is 14.3.